The molecule has 0 unspecified atom stereocenters. The molecule has 0 radical (unpaired) electrons. The number of aromatic nitrogens is 1. The maximum atomic E-state index is 11.6. The quantitative estimate of drug-likeness (QED) is 0.719. The lowest BCUT2D eigenvalue weighted by Gasteiger charge is -2.05. The van der Waals surface area contributed by atoms with Crippen molar-refractivity contribution in [3.63, 3.8) is 0 Å². The molecule has 90 valence electrons. The Balaban J connectivity index is 1.69. The van der Waals surface area contributed by atoms with Crippen LogP contribution < -0.4 is 10.0 Å². The van der Waals surface area contributed by atoms with E-state index in [1.54, 1.807) is 11.6 Å². The van der Waals surface area contributed by atoms with Crippen LogP contribution in [0.4, 0.5) is 5.13 Å². The highest BCUT2D eigenvalue weighted by molar-refractivity contribution is 7.92. The lowest BCUT2D eigenvalue weighted by molar-refractivity contribution is 0.593. The van der Waals surface area contributed by atoms with Crippen LogP contribution in [0.25, 0.3) is 0 Å². The van der Waals surface area contributed by atoms with E-state index in [0.717, 1.165) is 6.54 Å². The number of hydrogen-bond donors (Lipinski definition) is 2. The third-order valence-corrected chi connectivity index (χ3v) is 4.42. The fraction of sp³-hybridized carbons (Fsp3) is 0.667. The summed E-state index contributed by atoms with van der Waals surface area (Å²) >= 11 is 1.29. The lowest BCUT2D eigenvalue weighted by Crippen LogP contribution is -2.23. The molecule has 7 heteroatoms. The van der Waals surface area contributed by atoms with Gasteiger partial charge < -0.3 is 5.32 Å². The molecule has 1 aliphatic carbocycles. The van der Waals surface area contributed by atoms with Gasteiger partial charge in [0, 0.05) is 17.6 Å². The minimum atomic E-state index is -3.22. The number of sulfonamides is 1. The number of anilines is 1. The van der Waals surface area contributed by atoms with Crippen LogP contribution in [0.1, 0.15) is 19.3 Å². The van der Waals surface area contributed by atoms with E-state index >= 15 is 0 Å². The van der Waals surface area contributed by atoms with Gasteiger partial charge in [-0.2, -0.15) is 0 Å². The first-order chi connectivity index (χ1) is 7.66. The Hall–Kier alpha value is -0.660. The van der Waals surface area contributed by atoms with Crippen molar-refractivity contribution in [1.82, 2.24) is 10.3 Å². The van der Waals surface area contributed by atoms with Gasteiger partial charge in [-0.05, 0) is 25.8 Å². The van der Waals surface area contributed by atoms with Gasteiger partial charge in [0.1, 0.15) is 0 Å². The van der Waals surface area contributed by atoms with Crippen molar-refractivity contribution >= 4 is 26.5 Å². The minimum Gasteiger partial charge on any atom is -0.314 e. The standard InChI is InChI=1S/C9H15N3O2S2/c13-16(14,12-9-11-5-6-15-9)7-1-4-10-8-2-3-8/h5-6,8,10H,1-4,7H2,(H,11,12). The summed E-state index contributed by atoms with van der Waals surface area (Å²) in [5, 5.41) is 5.47. The van der Waals surface area contributed by atoms with Gasteiger partial charge in [-0.25, -0.2) is 13.4 Å². The molecule has 2 rings (SSSR count). The van der Waals surface area contributed by atoms with Gasteiger partial charge in [0.25, 0.3) is 0 Å². The van der Waals surface area contributed by atoms with Gasteiger partial charge >= 0.3 is 0 Å². The van der Waals surface area contributed by atoms with E-state index in [0.29, 0.717) is 17.6 Å². The smallest absolute Gasteiger partial charge is 0.234 e. The first-order valence-corrected chi connectivity index (χ1v) is 7.82. The number of nitrogens with one attached hydrogen (secondary N) is 2. The Labute approximate surface area is 99.3 Å². The number of hydrogen-bond acceptors (Lipinski definition) is 5. The summed E-state index contributed by atoms with van der Waals surface area (Å²) in [5.74, 6) is 0.145. The van der Waals surface area contributed by atoms with Crippen molar-refractivity contribution in [3.05, 3.63) is 11.6 Å². The molecule has 0 amide bonds. The van der Waals surface area contributed by atoms with Gasteiger partial charge in [0.05, 0.1) is 5.75 Å². The Morgan fingerprint density at radius 2 is 2.31 bits per heavy atom. The van der Waals surface area contributed by atoms with E-state index in [1.165, 1.54) is 24.2 Å². The Bertz CT molecular complexity index is 412. The highest BCUT2D eigenvalue weighted by atomic mass is 32.2. The molecule has 1 aromatic heterocycles. The van der Waals surface area contributed by atoms with Gasteiger partial charge in [0.15, 0.2) is 5.13 Å². The fourth-order valence-corrected chi connectivity index (χ4v) is 3.20. The zero-order valence-corrected chi connectivity index (χ0v) is 10.5. The molecular formula is C9H15N3O2S2. The van der Waals surface area contributed by atoms with Crippen LogP contribution in [0.2, 0.25) is 0 Å². The normalized spacial score (nSPS) is 16.2. The predicted octanol–water partition coefficient (Wildman–Crippen LogP) is 1.03. The number of rotatable bonds is 7. The Morgan fingerprint density at radius 3 is 2.94 bits per heavy atom. The molecule has 0 saturated heterocycles. The van der Waals surface area contributed by atoms with Crippen LogP contribution >= 0.6 is 11.3 Å². The molecule has 1 aromatic rings. The third kappa shape index (κ3) is 4.07. The second kappa shape index (κ2) is 5.11. The monoisotopic (exact) mass is 261 g/mol. The predicted molar refractivity (Wildman–Crippen MR) is 65.2 cm³/mol. The van der Waals surface area contributed by atoms with Crippen molar-refractivity contribution in [2.75, 3.05) is 17.0 Å². The minimum absolute atomic E-state index is 0.145. The number of thiazole rings is 1. The fourth-order valence-electron chi connectivity index (χ4n) is 1.31. The zero-order valence-electron chi connectivity index (χ0n) is 8.85. The lowest BCUT2D eigenvalue weighted by atomic mass is 10.5. The van der Waals surface area contributed by atoms with Crippen LogP contribution in [0, 0.1) is 0 Å². The molecule has 5 nitrogen and oxygen atoms in total. The average molecular weight is 261 g/mol. The summed E-state index contributed by atoms with van der Waals surface area (Å²) < 4.78 is 25.6. The van der Waals surface area contributed by atoms with Gasteiger partial charge in [-0.3, -0.25) is 4.72 Å². The molecule has 0 aromatic carbocycles. The molecule has 1 heterocycles. The maximum Gasteiger partial charge on any atom is 0.234 e. The second-order valence-corrected chi connectivity index (χ2v) is 6.58. The molecule has 1 fully saturated rings. The second-order valence-electron chi connectivity index (χ2n) is 3.84. The topological polar surface area (TPSA) is 71.1 Å². The van der Waals surface area contributed by atoms with Gasteiger partial charge in [-0.15, -0.1) is 11.3 Å². The Kier molecular flexibility index (Phi) is 3.78. The molecule has 2 N–H and O–H groups in total. The van der Waals surface area contributed by atoms with E-state index < -0.39 is 10.0 Å². The van der Waals surface area contributed by atoms with Crippen LogP contribution in [0.3, 0.4) is 0 Å². The largest absolute Gasteiger partial charge is 0.314 e. The van der Waals surface area contributed by atoms with Crippen molar-refractivity contribution < 1.29 is 8.42 Å². The van der Waals surface area contributed by atoms with Crippen LogP contribution in [0.5, 0.6) is 0 Å². The van der Waals surface area contributed by atoms with E-state index in [9.17, 15) is 8.42 Å². The molecule has 1 aliphatic rings. The zero-order chi connectivity index (χ0) is 11.4. The van der Waals surface area contributed by atoms with Gasteiger partial charge in [0.2, 0.25) is 10.0 Å². The summed E-state index contributed by atoms with van der Waals surface area (Å²) in [6, 6.07) is 0.634. The molecule has 0 bridgehead atoms. The van der Waals surface area contributed by atoms with Crippen molar-refractivity contribution in [2.24, 2.45) is 0 Å². The third-order valence-electron chi connectivity index (χ3n) is 2.28. The molecule has 1 saturated carbocycles. The van der Waals surface area contributed by atoms with Crippen molar-refractivity contribution in [2.45, 2.75) is 25.3 Å². The van der Waals surface area contributed by atoms with E-state index in [4.69, 9.17) is 0 Å². The summed E-state index contributed by atoms with van der Waals surface area (Å²) in [6.45, 7) is 0.767. The Morgan fingerprint density at radius 1 is 1.50 bits per heavy atom. The molecule has 0 aliphatic heterocycles. The van der Waals surface area contributed by atoms with E-state index in [2.05, 4.69) is 15.0 Å². The first-order valence-electron chi connectivity index (χ1n) is 5.29. The van der Waals surface area contributed by atoms with Crippen LogP contribution in [-0.4, -0.2) is 31.7 Å². The maximum absolute atomic E-state index is 11.6. The van der Waals surface area contributed by atoms with E-state index in [-0.39, 0.29) is 5.75 Å². The first kappa shape index (κ1) is 11.8. The van der Waals surface area contributed by atoms with E-state index in [1.807, 2.05) is 0 Å². The van der Waals surface area contributed by atoms with Crippen LogP contribution in [-0.2, 0) is 10.0 Å². The molecule has 16 heavy (non-hydrogen) atoms. The van der Waals surface area contributed by atoms with Crippen LogP contribution in [0.15, 0.2) is 11.6 Å². The highest BCUT2D eigenvalue weighted by Crippen LogP contribution is 2.18. The molecule has 0 atom stereocenters. The summed E-state index contributed by atoms with van der Waals surface area (Å²) in [7, 11) is -3.22. The highest BCUT2D eigenvalue weighted by Gasteiger charge is 2.20. The van der Waals surface area contributed by atoms with Crippen molar-refractivity contribution in [1.29, 1.82) is 0 Å². The number of nitrogens with zero attached hydrogens (tertiary/aromatic N) is 1. The molecule has 0 spiro atoms. The summed E-state index contributed by atoms with van der Waals surface area (Å²) in [4.78, 5) is 3.88. The summed E-state index contributed by atoms with van der Waals surface area (Å²) in [6.07, 6.45) is 4.67. The van der Waals surface area contributed by atoms with Crippen molar-refractivity contribution in [3.8, 4) is 0 Å². The molecular weight excluding hydrogens is 246 g/mol. The SMILES string of the molecule is O=S(=O)(CCCNC1CC1)Nc1nccs1. The average Bonchev–Trinajstić information content (AvgIpc) is 2.91. The van der Waals surface area contributed by atoms with Gasteiger partial charge in [-0.1, -0.05) is 0 Å². The summed E-state index contributed by atoms with van der Waals surface area (Å²) in [5.41, 5.74) is 0.